The van der Waals surface area contributed by atoms with E-state index in [0.29, 0.717) is 6.42 Å². The van der Waals surface area contributed by atoms with Crippen molar-refractivity contribution < 1.29 is 9.90 Å². The number of carbonyl (C=O) groups excluding carboxylic acids is 1. The molecule has 1 unspecified atom stereocenters. The number of carbonyl (C=O) groups is 1. The molecule has 0 saturated carbocycles. The number of aliphatic hydroxyl groups excluding tert-OH is 1. The molecule has 1 aromatic carbocycles. The van der Waals surface area contributed by atoms with Crippen LogP contribution in [0.5, 0.6) is 0 Å². The third kappa shape index (κ3) is 2.08. The summed E-state index contributed by atoms with van der Waals surface area (Å²) in [6.07, 6.45) is 0.673. The van der Waals surface area contributed by atoms with Crippen molar-refractivity contribution in [1.82, 2.24) is 4.90 Å². The molecule has 86 valence electrons. The van der Waals surface area contributed by atoms with Crippen LogP contribution in [0.3, 0.4) is 0 Å². The Hall–Kier alpha value is -1.39. The monoisotopic (exact) mass is 220 g/mol. The highest BCUT2D eigenvalue weighted by atomic mass is 16.3. The van der Waals surface area contributed by atoms with Gasteiger partial charge in [0.25, 0.3) is 0 Å². The van der Waals surface area contributed by atoms with E-state index in [-0.39, 0.29) is 5.91 Å². The Bertz CT molecular complexity index is 415. The van der Waals surface area contributed by atoms with Crippen molar-refractivity contribution in [2.75, 3.05) is 19.4 Å². The second kappa shape index (κ2) is 4.23. The summed E-state index contributed by atoms with van der Waals surface area (Å²) in [5, 5.41) is 12.7. The number of nitrogens with one attached hydrogen (secondary N) is 1. The first-order valence-corrected chi connectivity index (χ1v) is 5.35. The first-order chi connectivity index (χ1) is 7.58. The minimum absolute atomic E-state index is 0.0633. The van der Waals surface area contributed by atoms with Crippen LogP contribution < -0.4 is 5.32 Å². The highest BCUT2D eigenvalue weighted by Gasteiger charge is 2.17. The van der Waals surface area contributed by atoms with Gasteiger partial charge in [-0.1, -0.05) is 6.07 Å². The van der Waals surface area contributed by atoms with Gasteiger partial charge in [-0.25, -0.2) is 0 Å². The molecule has 1 aliphatic heterocycles. The van der Waals surface area contributed by atoms with Crippen molar-refractivity contribution in [2.45, 2.75) is 19.1 Å². The maximum Gasteiger partial charge on any atom is 0.224 e. The Morgan fingerprint density at radius 1 is 1.38 bits per heavy atom. The number of aliphatic hydroxyl groups is 1. The third-order valence-corrected chi connectivity index (χ3v) is 2.81. The van der Waals surface area contributed by atoms with Gasteiger partial charge in [-0.05, 0) is 43.8 Å². The molecule has 1 atom stereocenters. The van der Waals surface area contributed by atoms with E-state index in [9.17, 15) is 9.90 Å². The van der Waals surface area contributed by atoms with Crippen molar-refractivity contribution in [3.05, 3.63) is 29.3 Å². The number of aryl methyl sites for hydroxylation is 1. The van der Waals surface area contributed by atoms with Gasteiger partial charge in [0.1, 0.15) is 6.23 Å². The molecule has 0 aliphatic carbocycles. The molecule has 4 heteroatoms. The number of hydrogen-bond acceptors (Lipinski definition) is 3. The molecule has 1 heterocycles. The number of nitrogens with zero attached hydrogens (tertiary/aromatic N) is 1. The summed E-state index contributed by atoms with van der Waals surface area (Å²) in [4.78, 5) is 12.9. The van der Waals surface area contributed by atoms with Crippen LogP contribution in [0.25, 0.3) is 0 Å². The Morgan fingerprint density at radius 3 is 2.81 bits per heavy atom. The second-order valence-electron chi connectivity index (χ2n) is 4.30. The molecule has 2 rings (SSSR count). The lowest BCUT2D eigenvalue weighted by Crippen LogP contribution is -2.22. The van der Waals surface area contributed by atoms with Crippen LogP contribution in [0, 0.1) is 0 Å². The van der Waals surface area contributed by atoms with Crippen molar-refractivity contribution >= 4 is 11.6 Å². The molecule has 0 fully saturated rings. The maximum absolute atomic E-state index is 11.2. The van der Waals surface area contributed by atoms with Gasteiger partial charge in [0.05, 0.1) is 0 Å². The standard InChI is InChI=1S/C12H16N2O2/c1-14(2)12(16)9-3-5-10-8(7-9)4-6-11(15)13-10/h3,5,7,12,16H,4,6H2,1-2H3,(H,13,15). The average Bonchev–Trinajstić information content (AvgIpc) is 2.27. The molecule has 0 spiro atoms. The Balaban J connectivity index is 2.29. The van der Waals surface area contributed by atoms with Gasteiger partial charge >= 0.3 is 0 Å². The lowest BCUT2D eigenvalue weighted by atomic mass is 10.00. The fraction of sp³-hybridized carbons (Fsp3) is 0.417. The second-order valence-corrected chi connectivity index (χ2v) is 4.30. The molecule has 0 saturated heterocycles. The predicted octanol–water partition coefficient (Wildman–Crippen LogP) is 1.12. The maximum atomic E-state index is 11.2. The fourth-order valence-electron chi connectivity index (χ4n) is 1.86. The molecular formula is C12H16N2O2. The van der Waals surface area contributed by atoms with Crippen LogP contribution in [0.4, 0.5) is 5.69 Å². The van der Waals surface area contributed by atoms with Crippen LogP contribution in [-0.2, 0) is 11.2 Å². The van der Waals surface area contributed by atoms with Crippen LogP contribution in [0.2, 0.25) is 0 Å². The van der Waals surface area contributed by atoms with Gasteiger partial charge in [0, 0.05) is 12.1 Å². The van der Waals surface area contributed by atoms with E-state index < -0.39 is 6.23 Å². The summed E-state index contributed by atoms with van der Waals surface area (Å²) in [7, 11) is 3.65. The lowest BCUT2D eigenvalue weighted by molar-refractivity contribution is -0.116. The Morgan fingerprint density at radius 2 is 2.12 bits per heavy atom. The molecule has 16 heavy (non-hydrogen) atoms. The average molecular weight is 220 g/mol. The highest BCUT2D eigenvalue weighted by Crippen LogP contribution is 2.26. The molecule has 4 nitrogen and oxygen atoms in total. The zero-order chi connectivity index (χ0) is 11.7. The van der Waals surface area contributed by atoms with Gasteiger partial charge < -0.3 is 10.4 Å². The third-order valence-electron chi connectivity index (χ3n) is 2.81. The summed E-state index contributed by atoms with van der Waals surface area (Å²) in [6, 6.07) is 5.66. The van der Waals surface area contributed by atoms with E-state index in [4.69, 9.17) is 0 Å². The summed E-state index contributed by atoms with van der Waals surface area (Å²) in [6.45, 7) is 0. The molecular weight excluding hydrogens is 204 g/mol. The van der Waals surface area contributed by atoms with Gasteiger partial charge in [0.2, 0.25) is 5.91 Å². The normalized spacial score (nSPS) is 16.9. The smallest absolute Gasteiger partial charge is 0.224 e. The number of amides is 1. The minimum Gasteiger partial charge on any atom is -0.374 e. The van der Waals surface area contributed by atoms with Crippen LogP contribution >= 0.6 is 0 Å². The number of hydrogen-bond donors (Lipinski definition) is 2. The van der Waals surface area contributed by atoms with E-state index in [1.54, 1.807) is 4.90 Å². The van der Waals surface area contributed by atoms with Crippen molar-refractivity contribution in [1.29, 1.82) is 0 Å². The zero-order valence-electron chi connectivity index (χ0n) is 9.53. The van der Waals surface area contributed by atoms with Gasteiger partial charge in [-0.15, -0.1) is 0 Å². The molecule has 1 aromatic rings. The van der Waals surface area contributed by atoms with E-state index >= 15 is 0 Å². The van der Waals surface area contributed by atoms with Crippen molar-refractivity contribution in [2.24, 2.45) is 0 Å². The quantitative estimate of drug-likeness (QED) is 0.734. The molecule has 0 radical (unpaired) electrons. The SMILES string of the molecule is CN(C)C(O)c1ccc2c(c1)CCC(=O)N2. The number of benzene rings is 1. The van der Waals surface area contributed by atoms with E-state index in [1.807, 2.05) is 32.3 Å². The topological polar surface area (TPSA) is 52.6 Å². The predicted molar refractivity (Wildman–Crippen MR) is 62.0 cm³/mol. The van der Waals surface area contributed by atoms with Crippen LogP contribution in [-0.4, -0.2) is 30.0 Å². The lowest BCUT2D eigenvalue weighted by Gasteiger charge is -2.22. The van der Waals surface area contributed by atoms with Crippen LogP contribution in [0.1, 0.15) is 23.8 Å². The number of anilines is 1. The van der Waals surface area contributed by atoms with Crippen molar-refractivity contribution in [3.63, 3.8) is 0 Å². The molecule has 1 aliphatic rings. The Labute approximate surface area is 94.9 Å². The molecule has 2 N–H and O–H groups in total. The van der Waals surface area contributed by atoms with Crippen LogP contribution in [0.15, 0.2) is 18.2 Å². The number of fused-ring (bicyclic) bond motifs is 1. The van der Waals surface area contributed by atoms with E-state index in [1.165, 1.54) is 0 Å². The summed E-state index contributed by atoms with van der Waals surface area (Å²) in [5.74, 6) is 0.0633. The highest BCUT2D eigenvalue weighted by molar-refractivity contribution is 5.93. The van der Waals surface area contributed by atoms with E-state index in [0.717, 1.165) is 23.2 Å². The van der Waals surface area contributed by atoms with Gasteiger partial charge in [-0.3, -0.25) is 9.69 Å². The first kappa shape index (κ1) is 11.1. The van der Waals surface area contributed by atoms with Crippen molar-refractivity contribution in [3.8, 4) is 0 Å². The number of rotatable bonds is 2. The summed E-state index contributed by atoms with van der Waals surface area (Å²) in [5.41, 5.74) is 2.82. The molecule has 1 amide bonds. The zero-order valence-corrected chi connectivity index (χ0v) is 9.53. The molecule has 0 bridgehead atoms. The first-order valence-electron chi connectivity index (χ1n) is 5.35. The van der Waals surface area contributed by atoms with Gasteiger partial charge in [-0.2, -0.15) is 0 Å². The van der Waals surface area contributed by atoms with Gasteiger partial charge in [0.15, 0.2) is 0 Å². The Kier molecular flexibility index (Phi) is 2.94. The minimum atomic E-state index is -0.595. The summed E-state index contributed by atoms with van der Waals surface area (Å²) < 4.78 is 0. The largest absolute Gasteiger partial charge is 0.374 e. The summed E-state index contributed by atoms with van der Waals surface area (Å²) >= 11 is 0. The van der Waals surface area contributed by atoms with E-state index in [2.05, 4.69) is 5.32 Å². The fourth-order valence-corrected chi connectivity index (χ4v) is 1.86. The molecule has 0 aromatic heterocycles.